The molecule has 0 saturated heterocycles. The third kappa shape index (κ3) is 6.84. The molecule has 194 valence electrons. The average molecular weight is 540 g/mol. The van der Waals surface area contributed by atoms with E-state index in [1.807, 2.05) is 0 Å². The lowest BCUT2D eigenvalue weighted by Gasteiger charge is -2.18. The number of sulfone groups is 1. The maximum absolute atomic E-state index is 14.9. The number of benzene rings is 1. The third-order valence-corrected chi connectivity index (χ3v) is 7.93. The van der Waals surface area contributed by atoms with Gasteiger partial charge in [-0.1, -0.05) is 6.07 Å². The van der Waals surface area contributed by atoms with E-state index in [-0.39, 0.29) is 38.1 Å². The summed E-state index contributed by atoms with van der Waals surface area (Å²) in [6, 6.07) is 7.87. The van der Waals surface area contributed by atoms with Crippen molar-refractivity contribution in [3.05, 3.63) is 64.9 Å². The van der Waals surface area contributed by atoms with Gasteiger partial charge in [-0.25, -0.2) is 22.2 Å². The summed E-state index contributed by atoms with van der Waals surface area (Å²) in [4.78, 5) is 16.4. The topological polar surface area (TPSA) is 143 Å². The molecular weight excluding hydrogens is 512 g/mol. The van der Waals surface area contributed by atoms with Crippen molar-refractivity contribution in [1.29, 1.82) is 0 Å². The van der Waals surface area contributed by atoms with Gasteiger partial charge in [-0.2, -0.15) is 0 Å². The third-order valence-electron chi connectivity index (χ3n) is 4.98. The number of thiophene rings is 1. The summed E-state index contributed by atoms with van der Waals surface area (Å²) in [5.74, 6) is -3.39. The number of pyridine rings is 1. The van der Waals surface area contributed by atoms with E-state index in [9.17, 15) is 32.2 Å². The number of anilines is 2. The van der Waals surface area contributed by atoms with Gasteiger partial charge < -0.3 is 21.3 Å². The van der Waals surface area contributed by atoms with Gasteiger partial charge in [0.1, 0.15) is 22.5 Å². The summed E-state index contributed by atoms with van der Waals surface area (Å²) in [5, 5.41) is 22.9. The van der Waals surface area contributed by atoms with Crippen molar-refractivity contribution in [2.45, 2.75) is 44.6 Å². The van der Waals surface area contributed by atoms with Crippen molar-refractivity contribution in [2.24, 2.45) is 5.73 Å². The SMILES string of the molecule is CC(C)(O)CS(=O)(=O)Cc1cccc(Nc2sc(-c3c(F)cc(C(C)(C)O)cc3F)cc2C(N)=O)n1. The summed E-state index contributed by atoms with van der Waals surface area (Å²) in [7, 11) is -3.67. The fraction of sp³-hybridized carbons (Fsp3) is 0.333. The number of carbonyl (C=O) groups excluding carboxylic acids is 1. The highest BCUT2D eigenvalue weighted by Crippen LogP contribution is 2.40. The van der Waals surface area contributed by atoms with Crippen molar-refractivity contribution < 1.29 is 32.2 Å². The lowest BCUT2D eigenvalue weighted by molar-refractivity contribution is 0.0778. The van der Waals surface area contributed by atoms with Crippen molar-refractivity contribution >= 4 is 37.9 Å². The molecule has 3 rings (SSSR count). The van der Waals surface area contributed by atoms with Gasteiger partial charge >= 0.3 is 0 Å². The van der Waals surface area contributed by atoms with Crippen molar-refractivity contribution in [1.82, 2.24) is 4.98 Å². The molecule has 0 radical (unpaired) electrons. The molecule has 36 heavy (non-hydrogen) atoms. The van der Waals surface area contributed by atoms with Crippen molar-refractivity contribution in [2.75, 3.05) is 11.1 Å². The molecule has 2 aromatic heterocycles. The van der Waals surface area contributed by atoms with Gasteiger partial charge in [-0.05, 0) is 63.6 Å². The molecule has 0 aliphatic heterocycles. The van der Waals surface area contributed by atoms with Gasteiger partial charge in [-0.15, -0.1) is 11.3 Å². The number of aliphatic hydroxyl groups is 2. The van der Waals surface area contributed by atoms with Gasteiger partial charge in [-0.3, -0.25) is 4.79 Å². The fourth-order valence-corrected chi connectivity index (χ4v) is 6.42. The van der Waals surface area contributed by atoms with Crippen LogP contribution in [0.2, 0.25) is 0 Å². The zero-order valence-electron chi connectivity index (χ0n) is 20.1. The number of amides is 1. The van der Waals surface area contributed by atoms with E-state index in [1.165, 1.54) is 45.9 Å². The predicted molar refractivity (Wildman–Crippen MR) is 135 cm³/mol. The van der Waals surface area contributed by atoms with Crippen molar-refractivity contribution in [3.63, 3.8) is 0 Å². The second kappa shape index (κ2) is 9.85. The van der Waals surface area contributed by atoms with Gasteiger partial charge in [0.2, 0.25) is 0 Å². The van der Waals surface area contributed by atoms with Crippen LogP contribution in [0.5, 0.6) is 0 Å². The van der Waals surface area contributed by atoms with Crippen LogP contribution in [0.1, 0.15) is 49.3 Å². The number of halogens is 2. The van der Waals surface area contributed by atoms with E-state index in [0.29, 0.717) is 0 Å². The second-order valence-corrected chi connectivity index (χ2v) is 12.7. The van der Waals surface area contributed by atoms with Crippen LogP contribution in [-0.2, 0) is 21.2 Å². The van der Waals surface area contributed by atoms with E-state index in [1.54, 1.807) is 6.07 Å². The average Bonchev–Trinajstić information content (AvgIpc) is 3.08. The lowest BCUT2D eigenvalue weighted by atomic mass is 9.96. The smallest absolute Gasteiger partial charge is 0.251 e. The number of hydrogen-bond acceptors (Lipinski definition) is 8. The molecular formula is C24H27F2N3O5S2. The highest BCUT2D eigenvalue weighted by molar-refractivity contribution is 7.90. The van der Waals surface area contributed by atoms with E-state index < -0.39 is 50.1 Å². The zero-order chi connectivity index (χ0) is 27.1. The summed E-state index contributed by atoms with van der Waals surface area (Å²) in [6.07, 6.45) is 0. The van der Waals surface area contributed by atoms with Gasteiger partial charge in [0, 0.05) is 4.88 Å². The van der Waals surface area contributed by atoms with Crippen LogP contribution in [0, 0.1) is 11.6 Å². The molecule has 0 atom stereocenters. The van der Waals surface area contributed by atoms with Crippen LogP contribution in [0.3, 0.4) is 0 Å². The number of nitrogens with one attached hydrogen (secondary N) is 1. The van der Waals surface area contributed by atoms with Crippen LogP contribution < -0.4 is 11.1 Å². The van der Waals surface area contributed by atoms with E-state index >= 15 is 0 Å². The van der Waals surface area contributed by atoms with Crippen molar-refractivity contribution in [3.8, 4) is 10.4 Å². The number of nitrogens with two attached hydrogens (primary N) is 1. The molecule has 3 aromatic rings. The Labute approximate surface area is 211 Å². The van der Waals surface area contributed by atoms with Crippen LogP contribution in [0.4, 0.5) is 19.6 Å². The molecule has 0 aliphatic rings. The monoisotopic (exact) mass is 539 g/mol. The Kier molecular flexibility index (Phi) is 7.56. The first-order chi connectivity index (χ1) is 16.4. The first-order valence-electron chi connectivity index (χ1n) is 10.8. The van der Waals surface area contributed by atoms with E-state index in [0.717, 1.165) is 23.5 Å². The Bertz CT molecular complexity index is 1380. The maximum Gasteiger partial charge on any atom is 0.251 e. The Morgan fingerprint density at radius 1 is 1.11 bits per heavy atom. The van der Waals surface area contributed by atoms with Crippen LogP contribution in [-0.4, -0.2) is 40.9 Å². The number of primary amides is 1. The van der Waals surface area contributed by atoms with Gasteiger partial charge in [0.25, 0.3) is 5.91 Å². The van der Waals surface area contributed by atoms with E-state index in [4.69, 9.17) is 5.73 Å². The molecule has 0 unspecified atom stereocenters. The first kappa shape index (κ1) is 27.7. The Hall–Kier alpha value is -2.93. The molecule has 12 heteroatoms. The number of carbonyl (C=O) groups is 1. The highest BCUT2D eigenvalue weighted by Gasteiger charge is 2.26. The van der Waals surface area contributed by atoms with Crippen LogP contribution in [0.25, 0.3) is 10.4 Å². The zero-order valence-corrected chi connectivity index (χ0v) is 21.7. The largest absolute Gasteiger partial charge is 0.389 e. The van der Waals surface area contributed by atoms with E-state index in [2.05, 4.69) is 10.3 Å². The molecule has 0 bridgehead atoms. The fourth-order valence-electron chi connectivity index (χ4n) is 3.51. The predicted octanol–water partition coefficient (Wildman–Crippen LogP) is 3.84. The standard InChI is InChI=1S/C24H27F2N3O5S2/c1-23(2,31)12-36(33,34)11-14-6-5-7-19(28-14)29-22-15(21(27)30)10-18(35-22)20-16(25)8-13(9-17(20)26)24(3,4)32/h5-10,31-32H,11-12H2,1-4H3,(H2,27,30)(H,28,29). The molecule has 0 spiro atoms. The molecule has 1 amide bonds. The molecule has 8 nitrogen and oxygen atoms in total. The maximum atomic E-state index is 14.9. The minimum atomic E-state index is -3.67. The first-order valence-corrected chi connectivity index (χ1v) is 13.4. The summed E-state index contributed by atoms with van der Waals surface area (Å²) in [6.45, 7) is 5.58. The molecule has 2 heterocycles. The summed E-state index contributed by atoms with van der Waals surface area (Å²) < 4.78 is 54.5. The quantitative estimate of drug-likeness (QED) is 0.324. The van der Waals surface area contributed by atoms with Gasteiger partial charge in [0.05, 0.1) is 39.5 Å². The number of aromatic nitrogens is 1. The lowest BCUT2D eigenvalue weighted by Crippen LogP contribution is -2.30. The highest BCUT2D eigenvalue weighted by atomic mass is 32.2. The second-order valence-electron chi connectivity index (χ2n) is 9.58. The Morgan fingerprint density at radius 3 is 2.25 bits per heavy atom. The molecule has 0 saturated carbocycles. The molecule has 0 fully saturated rings. The van der Waals surface area contributed by atoms with Crippen LogP contribution >= 0.6 is 11.3 Å². The normalized spacial score (nSPS) is 12.6. The summed E-state index contributed by atoms with van der Waals surface area (Å²) in [5.41, 5.74) is 2.42. The minimum Gasteiger partial charge on any atom is -0.389 e. The number of nitrogens with zero attached hydrogens (tertiary/aromatic N) is 1. The Balaban J connectivity index is 1.95. The number of rotatable bonds is 9. The number of hydrogen-bond donors (Lipinski definition) is 4. The van der Waals surface area contributed by atoms with Gasteiger partial charge in [0.15, 0.2) is 9.84 Å². The summed E-state index contributed by atoms with van der Waals surface area (Å²) >= 11 is 0.859. The molecule has 5 N–H and O–H groups in total. The minimum absolute atomic E-state index is 0.0396. The van der Waals surface area contributed by atoms with Crippen LogP contribution in [0.15, 0.2) is 36.4 Å². The molecule has 0 aliphatic carbocycles. The Morgan fingerprint density at radius 2 is 1.72 bits per heavy atom. The molecule has 1 aromatic carbocycles.